The van der Waals surface area contributed by atoms with Crippen molar-refractivity contribution in [3.8, 4) is 0 Å². The fourth-order valence-corrected chi connectivity index (χ4v) is 2.12. The van der Waals surface area contributed by atoms with Gasteiger partial charge in [0.15, 0.2) is 0 Å². The molecule has 0 fully saturated rings. The number of aromatic nitrogens is 2. The van der Waals surface area contributed by atoms with Crippen LogP contribution < -0.4 is 10.6 Å². The number of amides is 1. The van der Waals surface area contributed by atoms with Gasteiger partial charge in [0.05, 0.1) is 11.0 Å². The summed E-state index contributed by atoms with van der Waals surface area (Å²) in [7, 11) is 0. The van der Waals surface area contributed by atoms with E-state index in [4.69, 9.17) is 5.73 Å². The number of carbonyl (C=O) groups is 1. The smallest absolute Gasteiger partial charge is 0.237 e. The fourth-order valence-electron chi connectivity index (χ4n) is 2.12. The van der Waals surface area contributed by atoms with Gasteiger partial charge in [0.2, 0.25) is 11.9 Å². The van der Waals surface area contributed by atoms with Gasteiger partial charge in [0, 0.05) is 13.1 Å². The second kappa shape index (κ2) is 5.08. The van der Waals surface area contributed by atoms with Gasteiger partial charge in [-0.2, -0.15) is 0 Å². The Balaban J connectivity index is 2.59. The van der Waals surface area contributed by atoms with Crippen LogP contribution in [0.4, 0.5) is 5.95 Å². The van der Waals surface area contributed by atoms with Crippen molar-refractivity contribution in [2.24, 2.45) is 5.73 Å². The first-order valence-corrected chi connectivity index (χ1v) is 6.15. The first-order valence-electron chi connectivity index (χ1n) is 6.15. The second-order valence-corrected chi connectivity index (χ2v) is 4.13. The van der Waals surface area contributed by atoms with Crippen LogP contribution >= 0.6 is 0 Å². The van der Waals surface area contributed by atoms with E-state index < -0.39 is 0 Å². The van der Waals surface area contributed by atoms with Crippen LogP contribution in [0.1, 0.15) is 13.8 Å². The van der Waals surface area contributed by atoms with Crippen molar-refractivity contribution in [2.45, 2.75) is 20.4 Å². The lowest BCUT2D eigenvalue weighted by atomic mass is 10.3. The highest BCUT2D eigenvalue weighted by atomic mass is 16.1. The lowest BCUT2D eigenvalue weighted by molar-refractivity contribution is -0.118. The van der Waals surface area contributed by atoms with Crippen molar-refractivity contribution in [3.63, 3.8) is 0 Å². The molecule has 0 saturated carbocycles. The van der Waals surface area contributed by atoms with Gasteiger partial charge in [-0.1, -0.05) is 12.1 Å². The largest absolute Gasteiger partial charge is 0.368 e. The maximum absolute atomic E-state index is 11.2. The zero-order chi connectivity index (χ0) is 13.1. The Hall–Kier alpha value is -2.04. The molecule has 0 aliphatic carbocycles. The first-order chi connectivity index (χ1) is 8.67. The zero-order valence-corrected chi connectivity index (χ0v) is 10.8. The molecule has 0 aliphatic rings. The van der Waals surface area contributed by atoms with Crippen LogP contribution in [0.5, 0.6) is 0 Å². The summed E-state index contributed by atoms with van der Waals surface area (Å²) >= 11 is 0. The molecule has 1 aromatic carbocycles. The molecule has 18 heavy (non-hydrogen) atoms. The van der Waals surface area contributed by atoms with Gasteiger partial charge in [0.1, 0.15) is 6.54 Å². The number of nitrogens with zero attached hydrogens (tertiary/aromatic N) is 3. The molecule has 0 aliphatic heterocycles. The van der Waals surface area contributed by atoms with Gasteiger partial charge >= 0.3 is 0 Å². The van der Waals surface area contributed by atoms with E-state index in [-0.39, 0.29) is 12.5 Å². The molecule has 2 rings (SSSR count). The Kier molecular flexibility index (Phi) is 3.50. The third-order valence-electron chi connectivity index (χ3n) is 2.99. The third-order valence-corrected chi connectivity index (χ3v) is 2.99. The number of primary amides is 1. The molecule has 1 amide bonds. The molecule has 2 N–H and O–H groups in total. The molecule has 0 radical (unpaired) electrons. The van der Waals surface area contributed by atoms with Gasteiger partial charge < -0.3 is 15.2 Å². The molecule has 5 nitrogen and oxygen atoms in total. The average Bonchev–Trinajstić information content (AvgIpc) is 2.70. The number of hydrogen-bond acceptors (Lipinski definition) is 3. The molecular formula is C13H18N4O. The average molecular weight is 246 g/mol. The van der Waals surface area contributed by atoms with E-state index in [2.05, 4.69) is 23.7 Å². The van der Waals surface area contributed by atoms with Crippen molar-refractivity contribution in [1.82, 2.24) is 9.55 Å². The van der Waals surface area contributed by atoms with Gasteiger partial charge in [0.25, 0.3) is 0 Å². The summed E-state index contributed by atoms with van der Waals surface area (Å²) in [4.78, 5) is 17.9. The van der Waals surface area contributed by atoms with Crippen molar-refractivity contribution in [2.75, 3.05) is 18.0 Å². The van der Waals surface area contributed by atoms with Crippen LogP contribution in [0, 0.1) is 0 Å². The van der Waals surface area contributed by atoms with Crippen LogP contribution in [-0.4, -0.2) is 28.5 Å². The lowest BCUT2D eigenvalue weighted by Crippen LogP contribution is -2.28. The quantitative estimate of drug-likeness (QED) is 0.866. The molecule has 0 unspecified atom stereocenters. The van der Waals surface area contributed by atoms with Crippen LogP contribution in [0.3, 0.4) is 0 Å². The van der Waals surface area contributed by atoms with Gasteiger partial charge in [-0.05, 0) is 26.0 Å². The highest BCUT2D eigenvalue weighted by molar-refractivity contribution is 5.82. The Morgan fingerprint density at radius 3 is 2.61 bits per heavy atom. The van der Waals surface area contributed by atoms with E-state index in [1.807, 2.05) is 28.8 Å². The van der Waals surface area contributed by atoms with Crippen LogP contribution in [0.25, 0.3) is 11.0 Å². The number of rotatable bonds is 5. The number of fused-ring (bicyclic) bond motifs is 1. The van der Waals surface area contributed by atoms with Crippen molar-refractivity contribution in [3.05, 3.63) is 24.3 Å². The molecule has 0 saturated heterocycles. The molecule has 0 atom stereocenters. The van der Waals surface area contributed by atoms with Crippen molar-refractivity contribution < 1.29 is 4.79 Å². The van der Waals surface area contributed by atoms with Crippen LogP contribution in [0.2, 0.25) is 0 Å². The summed E-state index contributed by atoms with van der Waals surface area (Å²) in [6.07, 6.45) is 0. The first kappa shape index (κ1) is 12.4. The van der Waals surface area contributed by atoms with Crippen molar-refractivity contribution >= 4 is 22.9 Å². The molecule has 2 aromatic rings. The predicted octanol–water partition coefficient (Wildman–Crippen LogP) is 1.37. The van der Waals surface area contributed by atoms with Crippen LogP contribution in [0.15, 0.2) is 24.3 Å². The summed E-state index contributed by atoms with van der Waals surface area (Å²) in [5, 5.41) is 0. The van der Waals surface area contributed by atoms with E-state index in [9.17, 15) is 4.79 Å². The zero-order valence-electron chi connectivity index (χ0n) is 10.8. The summed E-state index contributed by atoms with van der Waals surface area (Å²) in [5.74, 6) is 0.451. The maximum atomic E-state index is 11.2. The third kappa shape index (κ3) is 2.16. The van der Waals surface area contributed by atoms with Crippen LogP contribution in [-0.2, 0) is 11.3 Å². The Labute approximate surface area is 106 Å². The van der Waals surface area contributed by atoms with E-state index >= 15 is 0 Å². The SMILES string of the molecule is CCN(CC)c1nc2ccccc2n1CC(N)=O. The monoisotopic (exact) mass is 246 g/mol. The second-order valence-electron chi connectivity index (χ2n) is 4.13. The molecule has 1 heterocycles. The number of anilines is 1. The Bertz CT molecular complexity index is 557. The number of hydrogen-bond donors (Lipinski definition) is 1. The number of nitrogens with two attached hydrogens (primary N) is 1. The molecule has 5 heteroatoms. The minimum atomic E-state index is -0.355. The minimum Gasteiger partial charge on any atom is -0.368 e. The Morgan fingerprint density at radius 2 is 2.00 bits per heavy atom. The van der Waals surface area contributed by atoms with Gasteiger partial charge in [-0.15, -0.1) is 0 Å². The number of carbonyl (C=O) groups excluding carboxylic acids is 1. The van der Waals surface area contributed by atoms with E-state index in [1.165, 1.54) is 0 Å². The molecule has 0 bridgehead atoms. The van der Waals surface area contributed by atoms with E-state index in [1.54, 1.807) is 0 Å². The summed E-state index contributed by atoms with van der Waals surface area (Å²) in [6, 6.07) is 7.78. The highest BCUT2D eigenvalue weighted by Crippen LogP contribution is 2.22. The summed E-state index contributed by atoms with van der Waals surface area (Å²) < 4.78 is 1.88. The predicted molar refractivity (Wildman–Crippen MR) is 72.5 cm³/mol. The molecule has 1 aromatic heterocycles. The minimum absolute atomic E-state index is 0.159. The topological polar surface area (TPSA) is 64.2 Å². The lowest BCUT2D eigenvalue weighted by Gasteiger charge is -2.20. The maximum Gasteiger partial charge on any atom is 0.237 e. The number of benzene rings is 1. The van der Waals surface area contributed by atoms with E-state index in [0.717, 1.165) is 30.1 Å². The fraction of sp³-hybridized carbons (Fsp3) is 0.385. The standard InChI is InChI=1S/C13H18N4O/c1-3-16(4-2)13-15-10-7-5-6-8-11(10)17(13)9-12(14)18/h5-8H,3-4,9H2,1-2H3,(H2,14,18). The number of imidazole rings is 1. The highest BCUT2D eigenvalue weighted by Gasteiger charge is 2.15. The van der Waals surface area contributed by atoms with Gasteiger partial charge in [-0.3, -0.25) is 4.79 Å². The molecule has 96 valence electrons. The number of para-hydroxylation sites is 2. The summed E-state index contributed by atoms with van der Waals surface area (Å²) in [5.41, 5.74) is 7.15. The normalized spacial score (nSPS) is 10.8. The van der Waals surface area contributed by atoms with Gasteiger partial charge in [-0.25, -0.2) is 4.98 Å². The summed E-state index contributed by atoms with van der Waals surface area (Å²) in [6.45, 7) is 5.98. The molecular weight excluding hydrogens is 228 g/mol. The Morgan fingerprint density at radius 1 is 1.33 bits per heavy atom. The molecule has 0 spiro atoms. The van der Waals surface area contributed by atoms with E-state index in [0.29, 0.717) is 0 Å². The van der Waals surface area contributed by atoms with Crippen molar-refractivity contribution in [1.29, 1.82) is 0 Å².